The summed E-state index contributed by atoms with van der Waals surface area (Å²) in [5.41, 5.74) is 0.149. The number of guanidine groups is 1. The SMILES string of the molecule is CCCCOC1CC(NC(=NCC)NC2CCN(CC3CCOC3)CC2)C1(C)C. The van der Waals surface area contributed by atoms with Gasteiger partial charge in [0.05, 0.1) is 12.7 Å². The van der Waals surface area contributed by atoms with Crippen LogP contribution < -0.4 is 10.6 Å². The van der Waals surface area contributed by atoms with E-state index in [0.29, 0.717) is 18.2 Å². The zero-order valence-electron chi connectivity index (χ0n) is 19.2. The van der Waals surface area contributed by atoms with Crippen LogP contribution in [0.25, 0.3) is 0 Å². The van der Waals surface area contributed by atoms with Gasteiger partial charge in [-0.05, 0) is 44.9 Å². The van der Waals surface area contributed by atoms with E-state index < -0.39 is 0 Å². The third-order valence-electron chi connectivity index (χ3n) is 7.09. The first kappa shape index (κ1) is 22.8. The Balaban J connectivity index is 1.41. The Morgan fingerprint density at radius 3 is 2.59 bits per heavy atom. The van der Waals surface area contributed by atoms with Gasteiger partial charge in [0.2, 0.25) is 0 Å². The maximum absolute atomic E-state index is 6.11. The Morgan fingerprint density at radius 2 is 1.97 bits per heavy atom. The minimum atomic E-state index is 0.149. The molecule has 6 heteroatoms. The molecule has 2 heterocycles. The van der Waals surface area contributed by atoms with Gasteiger partial charge < -0.3 is 25.0 Å². The second kappa shape index (κ2) is 11.0. The summed E-state index contributed by atoms with van der Waals surface area (Å²) in [4.78, 5) is 7.35. The lowest BCUT2D eigenvalue weighted by Crippen LogP contribution is -2.64. The number of hydrogen-bond donors (Lipinski definition) is 2. The van der Waals surface area contributed by atoms with Crippen molar-refractivity contribution in [1.29, 1.82) is 0 Å². The number of nitrogens with zero attached hydrogens (tertiary/aromatic N) is 2. The van der Waals surface area contributed by atoms with Crippen LogP contribution in [-0.4, -0.2) is 75.0 Å². The number of nitrogens with one attached hydrogen (secondary N) is 2. The standard InChI is InChI=1S/C23H44N4O2/c1-5-7-13-29-21-15-20(23(21,3)4)26-22(24-6-2)25-19-8-11-27(12-9-19)16-18-10-14-28-17-18/h18-21H,5-17H2,1-4H3,(H2,24,25,26). The molecule has 0 spiro atoms. The molecule has 6 nitrogen and oxygen atoms in total. The molecule has 29 heavy (non-hydrogen) atoms. The minimum absolute atomic E-state index is 0.149. The van der Waals surface area contributed by atoms with E-state index in [-0.39, 0.29) is 5.41 Å². The smallest absolute Gasteiger partial charge is 0.191 e. The fourth-order valence-electron chi connectivity index (χ4n) is 4.78. The lowest BCUT2D eigenvalue weighted by Gasteiger charge is -2.52. The fraction of sp³-hybridized carbons (Fsp3) is 0.957. The summed E-state index contributed by atoms with van der Waals surface area (Å²) in [6.45, 7) is 16.1. The molecule has 0 bridgehead atoms. The van der Waals surface area contributed by atoms with E-state index in [1.807, 2.05) is 0 Å². The van der Waals surface area contributed by atoms with Gasteiger partial charge in [-0.25, -0.2) is 0 Å². The molecule has 1 aliphatic carbocycles. The molecule has 1 saturated carbocycles. The van der Waals surface area contributed by atoms with Crippen molar-refractivity contribution in [3.63, 3.8) is 0 Å². The van der Waals surface area contributed by atoms with Crippen LogP contribution in [0.3, 0.4) is 0 Å². The van der Waals surface area contributed by atoms with Gasteiger partial charge in [0.25, 0.3) is 0 Å². The Kier molecular flexibility index (Phi) is 8.63. The highest BCUT2D eigenvalue weighted by Crippen LogP contribution is 2.42. The molecule has 3 rings (SSSR count). The van der Waals surface area contributed by atoms with Crippen molar-refractivity contribution in [2.75, 3.05) is 46.0 Å². The van der Waals surface area contributed by atoms with Crippen LogP contribution in [0.1, 0.15) is 66.2 Å². The summed E-state index contributed by atoms with van der Waals surface area (Å²) in [5.74, 6) is 1.73. The molecule has 0 aromatic carbocycles. The first-order chi connectivity index (χ1) is 14.0. The summed E-state index contributed by atoms with van der Waals surface area (Å²) in [7, 11) is 0. The van der Waals surface area contributed by atoms with Gasteiger partial charge >= 0.3 is 0 Å². The highest BCUT2D eigenvalue weighted by molar-refractivity contribution is 5.80. The zero-order chi connectivity index (χ0) is 20.7. The molecule has 3 atom stereocenters. The van der Waals surface area contributed by atoms with Crippen molar-refractivity contribution < 1.29 is 9.47 Å². The van der Waals surface area contributed by atoms with E-state index in [1.54, 1.807) is 0 Å². The molecule has 2 aliphatic heterocycles. The third kappa shape index (κ3) is 6.31. The van der Waals surface area contributed by atoms with Crippen molar-refractivity contribution in [2.24, 2.45) is 16.3 Å². The van der Waals surface area contributed by atoms with Crippen LogP contribution in [0, 0.1) is 11.3 Å². The molecular weight excluding hydrogens is 364 g/mol. The summed E-state index contributed by atoms with van der Waals surface area (Å²) < 4.78 is 11.6. The lowest BCUT2D eigenvalue weighted by atomic mass is 9.64. The van der Waals surface area contributed by atoms with E-state index in [4.69, 9.17) is 14.5 Å². The minimum Gasteiger partial charge on any atom is -0.381 e. The predicted octanol–water partition coefficient (Wildman–Crippen LogP) is 3.03. The number of aliphatic imine (C=N–C) groups is 1. The van der Waals surface area contributed by atoms with E-state index in [2.05, 4.69) is 43.2 Å². The maximum atomic E-state index is 6.11. The second-order valence-electron chi connectivity index (χ2n) is 9.74. The molecule has 0 aromatic heterocycles. The average Bonchev–Trinajstić information content (AvgIpc) is 3.21. The highest BCUT2D eigenvalue weighted by atomic mass is 16.5. The molecular formula is C23H44N4O2. The highest BCUT2D eigenvalue weighted by Gasteiger charge is 2.49. The Bertz CT molecular complexity index is 511. The molecule has 0 aromatic rings. The first-order valence-corrected chi connectivity index (χ1v) is 12.0. The van der Waals surface area contributed by atoms with Gasteiger partial charge in [0, 0.05) is 56.9 Å². The molecule has 3 aliphatic rings. The first-order valence-electron chi connectivity index (χ1n) is 12.0. The number of ether oxygens (including phenoxy) is 2. The number of piperidine rings is 1. The number of hydrogen-bond acceptors (Lipinski definition) is 4. The predicted molar refractivity (Wildman–Crippen MR) is 119 cm³/mol. The normalized spacial score (nSPS) is 30.9. The summed E-state index contributed by atoms with van der Waals surface area (Å²) in [6, 6.07) is 0.943. The Labute approximate surface area is 178 Å². The molecule has 2 N–H and O–H groups in total. The van der Waals surface area contributed by atoms with Crippen LogP contribution in [-0.2, 0) is 9.47 Å². The fourth-order valence-corrected chi connectivity index (χ4v) is 4.78. The quantitative estimate of drug-likeness (QED) is 0.349. The molecule has 3 fully saturated rings. The van der Waals surface area contributed by atoms with Crippen molar-refractivity contribution in [3.8, 4) is 0 Å². The number of unbranched alkanes of at least 4 members (excludes halogenated alkanes) is 1. The number of likely N-dealkylation sites (tertiary alicyclic amines) is 1. The van der Waals surface area contributed by atoms with E-state index in [1.165, 1.54) is 45.3 Å². The van der Waals surface area contributed by atoms with Crippen molar-refractivity contribution in [3.05, 3.63) is 0 Å². The van der Waals surface area contributed by atoms with Crippen LogP contribution in [0.4, 0.5) is 0 Å². The van der Waals surface area contributed by atoms with Gasteiger partial charge in [-0.1, -0.05) is 27.2 Å². The van der Waals surface area contributed by atoms with Crippen LogP contribution in [0.5, 0.6) is 0 Å². The molecule has 0 radical (unpaired) electrons. The Morgan fingerprint density at radius 1 is 1.17 bits per heavy atom. The maximum Gasteiger partial charge on any atom is 0.191 e. The second-order valence-corrected chi connectivity index (χ2v) is 9.74. The van der Waals surface area contributed by atoms with Crippen LogP contribution in [0.2, 0.25) is 0 Å². The van der Waals surface area contributed by atoms with E-state index in [9.17, 15) is 0 Å². The average molecular weight is 409 g/mol. The lowest BCUT2D eigenvalue weighted by molar-refractivity contribution is -0.113. The van der Waals surface area contributed by atoms with Crippen molar-refractivity contribution in [1.82, 2.24) is 15.5 Å². The van der Waals surface area contributed by atoms with Gasteiger partial charge in [0.1, 0.15) is 0 Å². The summed E-state index contributed by atoms with van der Waals surface area (Å²) >= 11 is 0. The van der Waals surface area contributed by atoms with Gasteiger partial charge in [-0.15, -0.1) is 0 Å². The van der Waals surface area contributed by atoms with Gasteiger partial charge in [-0.2, -0.15) is 0 Å². The zero-order valence-corrected chi connectivity index (χ0v) is 19.2. The summed E-state index contributed by atoms with van der Waals surface area (Å²) in [5, 5.41) is 7.43. The Hall–Kier alpha value is -0.850. The topological polar surface area (TPSA) is 58.1 Å². The van der Waals surface area contributed by atoms with Crippen LogP contribution >= 0.6 is 0 Å². The van der Waals surface area contributed by atoms with Crippen LogP contribution in [0.15, 0.2) is 4.99 Å². The molecule has 0 amide bonds. The largest absolute Gasteiger partial charge is 0.381 e. The van der Waals surface area contributed by atoms with Crippen molar-refractivity contribution in [2.45, 2.75) is 84.4 Å². The monoisotopic (exact) mass is 408 g/mol. The third-order valence-corrected chi connectivity index (χ3v) is 7.09. The van der Waals surface area contributed by atoms with E-state index >= 15 is 0 Å². The molecule has 3 unspecified atom stereocenters. The number of rotatable bonds is 9. The molecule has 2 saturated heterocycles. The van der Waals surface area contributed by atoms with E-state index in [0.717, 1.165) is 51.1 Å². The van der Waals surface area contributed by atoms with Crippen molar-refractivity contribution >= 4 is 5.96 Å². The van der Waals surface area contributed by atoms with Gasteiger partial charge in [-0.3, -0.25) is 4.99 Å². The molecule has 168 valence electrons. The van der Waals surface area contributed by atoms with Gasteiger partial charge in [0.15, 0.2) is 5.96 Å². The summed E-state index contributed by atoms with van der Waals surface area (Å²) in [6.07, 6.45) is 7.39.